The maximum atomic E-state index is 12.6. The molecule has 2 aromatic carbocycles. The molecule has 0 aliphatic heterocycles. The molecule has 0 aliphatic rings. The van der Waals surface area contributed by atoms with Crippen molar-refractivity contribution in [3.05, 3.63) is 65.7 Å². The van der Waals surface area contributed by atoms with Crippen molar-refractivity contribution in [3.8, 4) is 0 Å². The average molecular weight is 448 g/mol. The molecule has 1 atom stereocenters. The lowest BCUT2D eigenvalue weighted by Crippen LogP contribution is -2.47. The Morgan fingerprint density at radius 2 is 1.55 bits per heavy atom. The highest BCUT2D eigenvalue weighted by molar-refractivity contribution is 7.89. The Hall–Kier alpha value is -3.24. The van der Waals surface area contributed by atoms with Gasteiger partial charge in [0.15, 0.2) is 6.61 Å². The minimum atomic E-state index is -3.97. The molecule has 0 fully saturated rings. The molecule has 166 valence electrons. The first-order valence-corrected chi connectivity index (χ1v) is 11.0. The zero-order chi connectivity index (χ0) is 23.0. The summed E-state index contributed by atoms with van der Waals surface area (Å²) in [5.74, 6) is -2.66. The van der Waals surface area contributed by atoms with Crippen molar-refractivity contribution in [1.82, 2.24) is 15.6 Å². The summed E-state index contributed by atoms with van der Waals surface area (Å²) in [6.07, 6.45) is 0. The summed E-state index contributed by atoms with van der Waals surface area (Å²) >= 11 is 0. The first-order chi connectivity index (χ1) is 14.6. The highest BCUT2D eigenvalue weighted by Gasteiger charge is 2.30. The number of ether oxygens (including phenoxy) is 1. The number of sulfonamides is 1. The Morgan fingerprint density at radius 3 is 2.13 bits per heavy atom. The second-order valence-electron chi connectivity index (χ2n) is 7.13. The van der Waals surface area contributed by atoms with E-state index in [4.69, 9.17) is 4.74 Å². The molecule has 0 saturated carbocycles. The van der Waals surface area contributed by atoms with Crippen molar-refractivity contribution >= 4 is 27.8 Å². The first kappa shape index (κ1) is 24.0. The van der Waals surface area contributed by atoms with Crippen LogP contribution in [0.25, 0.3) is 0 Å². The number of carbonyl (C=O) groups excluding carboxylic acids is 3. The molecule has 2 amide bonds. The summed E-state index contributed by atoms with van der Waals surface area (Å²) in [4.78, 5) is 36.2. The largest absolute Gasteiger partial charge is 0.454 e. The second kappa shape index (κ2) is 10.7. The summed E-state index contributed by atoms with van der Waals surface area (Å²) in [6.45, 7) is 4.42. The van der Waals surface area contributed by atoms with Crippen LogP contribution in [-0.2, 0) is 24.3 Å². The van der Waals surface area contributed by atoms with E-state index in [1.165, 1.54) is 12.1 Å². The molecule has 0 saturated heterocycles. The predicted octanol–water partition coefficient (Wildman–Crippen LogP) is 1.30. The third kappa shape index (κ3) is 7.19. The van der Waals surface area contributed by atoms with Crippen LogP contribution in [0.2, 0.25) is 0 Å². The standard InChI is InChI=1S/C21H25N3O6S/c1-14(2)19(24-31(28,29)17-11-9-15(3)10-12-17)21(27)30-13-18(25)22-23-20(26)16-7-5-4-6-8-16/h4-12,14,19,24H,13H2,1-3H3,(H,22,25)(H,23,26)/t19-/m1/s1. The van der Waals surface area contributed by atoms with E-state index in [2.05, 4.69) is 15.6 Å². The van der Waals surface area contributed by atoms with Gasteiger partial charge in [-0.1, -0.05) is 49.7 Å². The van der Waals surface area contributed by atoms with Gasteiger partial charge in [-0.25, -0.2) is 8.42 Å². The number of rotatable bonds is 8. The molecule has 0 spiro atoms. The van der Waals surface area contributed by atoms with Gasteiger partial charge < -0.3 is 4.74 Å². The number of nitrogens with one attached hydrogen (secondary N) is 3. The summed E-state index contributed by atoms with van der Waals surface area (Å²) in [7, 11) is -3.97. The minimum Gasteiger partial charge on any atom is -0.454 e. The average Bonchev–Trinajstić information content (AvgIpc) is 2.74. The quantitative estimate of drug-likeness (QED) is 0.413. The van der Waals surface area contributed by atoms with Gasteiger partial charge in [-0.15, -0.1) is 0 Å². The molecule has 10 heteroatoms. The first-order valence-electron chi connectivity index (χ1n) is 9.50. The monoisotopic (exact) mass is 447 g/mol. The molecule has 0 aromatic heterocycles. The lowest BCUT2D eigenvalue weighted by Gasteiger charge is -2.20. The zero-order valence-electron chi connectivity index (χ0n) is 17.4. The SMILES string of the molecule is Cc1ccc(S(=O)(=O)N[C@@H](C(=O)OCC(=O)NNC(=O)c2ccccc2)C(C)C)cc1. The van der Waals surface area contributed by atoms with Crippen LogP contribution in [0, 0.1) is 12.8 Å². The van der Waals surface area contributed by atoms with E-state index in [1.807, 2.05) is 6.92 Å². The lowest BCUT2D eigenvalue weighted by atomic mass is 10.1. The summed E-state index contributed by atoms with van der Waals surface area (Å²) in [5, 5.41) is 0. The Kier molecular flexibility index (Phi) is 8.29. The Morgan fingerprint density at radius 1 is 0.935 bits per heavy atom. The molecule has 0 aliphatic carbocycles. The smallest absolute Gasteiger partial charge is 0.324 e. The van der Waals surface area contributed by atoms with Gasteiger partial charge in [0, 0.05) is 5.56 Å². The van der Waals surface area contributed by atoms with Crippen molar-refractivity contribution in [3.63, 3.8) is 0 Å². The topological polar surface area (TPSA) is 131 Å². The van der Waals surface area contributed by atoms with Gasteiger partial charge in [-0.05, 0) is 37.1 Å². The predicted molar refractivity (Wildman–Crippen MR) is 113 cm³/mol. The van der Waals surface area contributed by atoms with Crippen molar-refractivity contribution in [2.75, 3.05) is 6.61 Å². The molecule has 0 heterocycles. The van der Waals surface area contributed by atoms with Crippen molar-refractivity contribution < 1.29 is 27.5 Å². The number of amides is 2. The molecular weight excluding hydrogens is 422 g/mol. The van der Waals surface area contributed by atoms with E-state index in [0.29, 0.717) is 5.56 Å². The third-order valence-corrected chi connectivity index (χ3v) is 5.69. The Balaban J connectivity index is 1.91. The zero-order valence-corrected chi connectivity index (χ0v) is 18.2. The fourth-order valence-electron chi connectivity index (χ4n) is 2.46. The van der Waals surface area contributed by atoms with Crippen LogP contribution < -0.4 is 15.6 Å². The van der Waals surface area contributed by atoms with Crippen LogP contribution in [0.4, 0.5) is 0 Å². The van der Waals surface area contributed by atoms with Crippen molar-refractivity contribution in [2.24, 2.45) is 5.92 Å². The Labute approximate surface area is 181 Å². The van der Waals surface area contributed by atoms with Gasteiger partial charge in [0.2, 0.25) is 10.0 Å². The molecule has 0 radical (unpaired) electrons. The number of hydrogen-bond donors (Lipinski definition) is 3. The van der Waals surface area contributed by atoms with E-state index in [9.17, 15) is 22.8 Å². The van der Waals surface area contributed by atoms with Crippen molar-refractivity contribution in [1.29, 1.82) is 0 Å². The number of carbonyl (C=O) groups is 3. The lowest BCUT2D eigenvalue weighted by molar-refractivity contribution is -0.151. The van der Waals surface area contributed by atoms with Crippen LogP contribution >= 0.6 is 0 Å². The van der Waals surface area contributed by atoms with Crippen LogP contribution in [0.3, 0.4) is 0 Å². The van der Waals surface area contributed by atoms with Crippen LogP contribution in [-0.4, -0.2) is 38.9 Å². The molecule has 2 rings (SSSR count). The molecule has 3 N–H and O–H groups in total. The van der Waals surface area contributed by atoms with Gasteiger partial charge >= 0.3 is 5.97 Å². The maximum absolute atomic E-state index is 12.6. The van der Waals surface area contributed by atoms with Gasteiger partial charge in [-0.2, -0.15) is 4.72 Å². The van der Waals surface area contributed by atoms with Crippen LogP contribution in [0.1, 0.15) is 29.8 Å². The maximum Gasteiger partial charge on any atom is 0.324 e. The molecule has 9 nitrogen and oxygen atoms in total. The van der Waals surface area contributed by atoms with E-state index < -0.39 is 46.4 Å². The highest BCUT2D eigenvalue weighted by atomic mass is 32.2. The molecule has 0 bridgehead atoms. The number of benzene rings is 2. The number of hydrogen-bond acceptors (Lipinski definition) is 6. The normalized spacial score (nSPS) is 12.1. The van der Waals surface area contributed by atoms with Gasteiger partial charge in [-0.3, -0.25) is 25.2 Å². The number of esters is 1. The van der Waals surface area contributed by atoms with E-state index in [-0.39, 0.29) is 4.90 Å². The molecule has 0 unspecified atom stereocenters. The van der Waals surface area contributed by atoms with E-state index >= 15 is 0 Å². The van der Waals surface area contributed by atoms with Crippen molar-refractivity contribution in [2.45, 2.75) is 31.7 Å². The van der Waals surface area contributed by atoms with Crippen LogP contribution in [0.5, 0.6) is 0 Å². The van der Waals surface area contributed by atoms with Gasteiger partial charge in [0.1, 0.15) is 6.04 Å². The second-order valence-corrected chi connectivity index (χ2v) is 8.85. The number of aryl methyl sites for hydroxylation is 1. The fourth-order valence-corrected chi connectivity index (χ4v) is 3.79. The van der Waals surface area contributed by atoms with Crippen LogP contribution in [0.15, 0.2) is 59.5 Å². The van der Waals surface area contributed by atoms with Gasteiger partial charge in [0.05, 0.1) is 4.90 Å². The minimum absolute atomic E-state index is 0.0120. The third-order valence-electron chi connectivity index (χ3n) is 4.23. The summed E-state index contributed by atoms with van der Waals surface area (Å²) in [6, 6.07) is 13.2. The molecular formula is C21H25N3O6S. The molecule has 31 heavy (non-hydrogen) atoms. The van der Waals surface area contributed by atoms with Gasteiger partial charge in [0.25, 0.3) is 11.8 Å². The molecule has 2 aromatic rings. The summed E-state index contributed by atoms with van der Waals surface area (Å²) < 4.78 is 32.4. The Bertz CT molecular complexity index is 1020. The number of hydrazine groups is 1. The highest BCUT2D eigenvalue weighted by Crippen LogP contribution is 2.13. The van der Waals surface area contributed by atoms with E-state index in [1.54, 1.807) is 56.3 Å². The summed E-state index contributed by atoms with van der Waals surface area (Å²) in [5.41, 5.74) is 5.56. The fraction of sp³-hybridized carbons (Fsp3) is 0.286. The van der Waals surface area contributed by atoms with E-state index in [0.717, 1.165) is 5.56 Å².